The number of aryl methyl sites for hydroxylation is 1. The minimum absolute atomic E-state index is 0.136. The van der Waals surface area contributed by atoms with E-state index in [0.29, 0.717) is 17.8 Å². The van der Waals surface area contributed by atoms with Crippen LogP contribution in [0.3, 0.4) is 0 Å². The summed E-state index contributed by atoms with van der Waals surface area (Å²) in [6, 6.07) is 12.9. The molecule has 2 aromatic rings. The first-order chi connectivity index (χ1) is 9.58. The lowest BCUT2D eigenvalue weighted by Gasteiger charge is -2.08. The standard InChI is InChI=1S/C16H18N2O2/c1-11-6-13(9-14(17)7-11)16(19)18-10-12-4-3-5-15(8-12)20-2/h3-9H,10,17H2,1-2H3,(H,18,19). The van der Waals surface area contributed by atoms with Gasteiger partial charge in [0, 0.05) is 17.8 Å². The first-order valence-corrected chi connectivity index (χ1v) is 6.37. The molecular weight excluding hydrogens is 252 g/mol. The highest BCUT2D eigenvalue weighted by molar-refractivity contribution is 5.95. The third kappa shape index (κ3) is 3.51. The van der Waals surface area contributed by atoms with E-state index in [-0.39, 0.29) is 5.91 Å². The monoisotopic (exact) mass is 270 g/mol. The summed E-state index contributed by atoms with van der Waals surface area (Å²) in [5.41, 5.74) is 8.87. The van der Waals surface area contributed by atoms with Crippen LogP contribution < -0.4 is 15.8 Å². The molecule has 20 heavy (non-hydrogen) atoms. The Morgan fingerprint density at radius 1 is 1.25 bits per heavy atom. The van der Waals surface area contributed by atoms with Gasteiger partial charge in [-0.1, -0.05) is 12.1 Å². The van der Waals surface area contributed by atoms with Crippen molar-refractivity contribution >= 4 is 11.6 Å². The average molecular weight is 270 g/mol. The SMILES string of the molecule is COc1cccc(CNC(=O)c2cc(C)cc(N)c2)c1. The number of amides is 1. The molecule has 0 fully saturated rings. The normalized spacial score (nSPS) is 10.1. The molecule has 0 radical (unpaired) electrons. The van der Waals surface area contributed by atoms with Gasteiger partial charge in [-0.05, 0) is 48.4 Å². The summed E-state index contributed by atoms with van der Waals surface area (Å²) in [4.78, 5) is 12.1. The molecule has 0 aliphatic carbocycles. The van der Waals surface area contributed by atoms with Gasteiger partial charge >= 0.3 is 0 Å². The summed E-state index contributed by atoms with van der Waals surface area (Å²) in [7, 11) is 1.62. The number of hydrogen-bond acceptors (Lipinski definition) is 3. The number of hydrogen-bond donors (Lipinski definition) is 2. The van der Waals surface area contributed by atoms with Crippen molar-refractivity contribution < 1.29 is 9.53 Å². The Labute approximate surface area is 118 Å². The van der Waals surface area contributed by atoms with E-state index in [1.165, 1.54) is 0 Å². The topological polar surface area (TPSA) is 64.3 Å². The number of nitrogens with two attached hydrogens (primary N) is 1. The van der Waals surface area contributed by atoms with Crippen LogP contribution >= 0.6 is 0 Å². The van der Waals surface area contributed by atoms with E-state index in [1.807, 2.05) is 43.3 Å². The molecule has 1 amide bonds. The van der Waals surface area contributed by atoms with Crippen molar-refractivity contribution in [3.05, 3.63) is 59.2 Å². The first-order valence-electron chi connectivity index (χ1n) is 6.37. The highest BCUT2D eigenvalue weighted by atomic mass is 16.5. The lowest BCUT2D eigenvalue weighted by molar-refractivity contribution is 0.0951. The smallest absolute Gasteiger partial charge is 0.251 e. The fourth-order valence-electron chi connectivity index (χ4n) is 2.01. The Balaban J connectivity index is 2.04. The predicted molar refractivity (Wildman–Crippen MR) is 79.8 cm³/mol. The van der Waals surface area contributed by atoms with E-state index in [9.17, 15) is 4.79 Å². The van der Waals surface area contributed by atoms with Crippen LogP contribution in [-0.4, -0.2) is 13.0 Å². The minimum atomic E-state index is -0.136. The van der Waals surface area contributed by atoms with Crippen LogP contribution in [0.25, 0.3) is 0 Å². The maximum absolute atomic E-state index is 12.1. The second-order valence-corrected chi connectivity index (χ2v) is 4.67. The number of rotatable bonds is 4. The summed E-state index contributed by atoms with van der Waals surface area (Å²) in [5.74, 6) is 0.639. The van der Waals surface area contributed by atoms with E-state index in [0.717, 1.165) is 16.9 Å². The average Bonchev–Trinajstić information content (AvgIpc) is 2.44. The second kappa shape index (κ2) is 6.10. The Morgan fingerprint density at radius 2 is 2.05 bits per heavy atom. The lowest BCUT2D eigenvalue weighted by Crippen LogP contribution is -2.23. The molecule has 104 valence electrons. The van der Waals surface area contributed by atoms with Crippen molar-refractivity contribution in [3.8, 4) is 5.75 Å². The van der Waals surface area contributed by atoms with Crippen molar-refractivity contribution in [2.75, 3.05) is 12.8 Å². The highest BCUT2D eigenvalue weighted by Gasteiger charge is 2.07. The van der Waals surface area contributed by atoms with Crippen LogP contribution in [0.4, 0.5) is 5.69 Å². The van der Waals surface area contributed by atoms with Gasteiger partial charge in [0.25, 0.3) is 5.91 Å². The van der Waals surface area contributed by atoms with E-state index < -0.39 is 0 Å². The predicted octanol–water partition coefficient (Wildman–Crippen LogP) is 2.52. The molecule has 2 rings (SSSR count). The van der Waals surface area contributed by atoms with E-state index >= 15 is 0 Å². The van der Waals surface area contributed by atoms with Gasteiger partial charge < -0.3 is 15.8 Å². The van der Waals surface area contributed by atoms with Crippen LogP contribution in [0.5, 0.6) is 5.75 Å². The number of methoxy groups -OCH3 is 1. The van der Waals surface area contributed by atoms with Crippen molar-refractivity contribution in [2.45, 2.75) is 13.5 Å². The van der Waals surface area contributed by atoms with E-state index in [4.69, 9.17) is 10.5 Å². The van der Waals surface area contributed by atoms with Crippen LogP contribution in [0.2, 0.25) is 0 Å². The van der Waals surface area contributed by atoms with Gasteiger partial charge in [0.1, 0.15) is 5.75 Å². The molecule has 4 nitrogen and oxygen atoms in total. The zero-order valence-corrected chi connectivity index (χ0v) is 11.6. The Bertz CT molecular complexity index is 603. The molecule has 0 aromatic heterocycles. The Hall–Kier alpha value is -2.49. The fourth-order valence-corrected chi connectivity index (χ4v) is 2.01. The molecule has 3 N–H and O–H groups in total. The number of ether oxygens (including phenoxy) is 1. The van der Waals surface area contributed by atoms with Gasteiger partial charge in [0.2, 0.25) is 0 Å². The molecule has 0 bridgehead atoms. The van der Waals surface area contributed by atoms with Gasteiger partial charge in [0.05, 0.1) is 7.11 Å². The number of carbonyl (C=O) groups excluding carboxylic acids is 1. The summed E-state index contributed by atoms with van der Waals surface area (Å²) >= 11 is 0. The number of anilines is 1. The van der Waals surface area contributed by atoms with Crippen molar-refractivity contribution in [3.63, 3.8) is 0 Å². The molecule has 0 saturated carbocycles. The van der Waals surface area contributed by atoms with Gasteiger partial charge in [-0.25, -0.2) is 0 Å². The molecule has 0 heterocycles. The largest absolute Gasteiger partial charge is 0.497 e. The molecule has 0 aliphatic heterocycles. The molecular formula is C16H18N2O2. The summed E-state index contributed by atoms with van der Waals surface area (Å²) in [5, 5.41) is 2.87. The highest BCUT2D eigenvalue weighted by Crippen LogP contribution is 2.13. The zero-order chi connectivity index (χ0) is 14.5. The summed E-state index contributed by atoms with van der Waals surface area (Å²) < 4.78 is 5.15. The van der Waals surface area contributed by atoms with Crippen molar-refractivity contribution in [1.29, 1.82) is 0 Å². The van der Waals surface area contributed by atoms with Crippen LogP contribution in [0.1, 0.15) is 21.5 Å². The first kappa shape index (κ1) is 13.9. The fraction of sp³-hybridized carbons (Fsp3) is 0.188. The van der Waals surface area contributed by atoms with Crippen LogP contribution in [-0.2, 0) is 6.54 Å². The van der Waals surface area contributed by atoms with Gasteiger partial charge in [-0.2, -0.15) is 0 Å². The Kier molecular flexibility index (Phi) is 4.25. The third-order valence-electron chi connectivity index (χ3n) is 2.95. The lowest BCUT2D eigenvalue weighted by atomic mass is 10.1. The van der Waals surface area contributed by atoms with Gasteiger partial charge in [0.15, 0.2) is 0 Å². The Morgan fingerprint density at radius 3 is 2.75 bits per heavy atom. The van der Waals surface area contributed by atoms with Crippen LogP contribution in [0, 0.1) is 6.92 Å². The van der Waals surface area contributed by atoms with Gasteiger partial charge in [-0.3, -0.25) is 4.79 Å². The maximum atomic E-state index is 12.1. The van der Waals surface area contributed by atoms with Gasteiger partial charge in [-0.15, -0.1) is 0 Å². The summed E-state index contributed by atoms with van der Waals surface area (Å²) in [6.45, 7) is 2.36. The second-order valence-electron chi connectivity index (χ2n) is 4.67. The van der Waals surface area contributed by atoms with Crippen molar-refractivity contribution in [1.82, 2.24) is 5.32 Å². The third-order valence-corrected chi connectivity index (χ3v) is 2.95. The molecule has 0 saturated heterocycles. The zero-order valence-electron chi connectivity index (χ0n) is 11.6. The molecule has 4 heteroatoms. The molecule has 0 atom stereocenters. The summed E-state index contributed by atoms with van der Waals surface area (Å²) in [6.07, 6.45) is 0. The molecule has 2 aromatic carbocycles. The van der Waals surface area contributed by atoms with E-state index in [1.54, 1.807) is 13.2 Å². The maximum Gasteiger partial charge on any atom is 0.251 e. The number of nitrogens with one attached hydrogen (secondary N) is 1. The number of benzene rings is 2. The molecule has 0 unspecified atom stereocenters. The van der Waals surface area contributed by atoms with Crippen molar-refractivity contribution in [2.24, 2.45) is 0 Å². The number of carbonyl (C=O) groups is 1. The minimum Gasteiger partial charge on any atom is -0.497 e. The van der Waals surface area contributed by atoms with E-state index in [2.05, 4.69) is 5.32 Å². The molecule has 0 spiro atoms. The quantitative estimate of drug-likeness (QED) is 0.839. The molecule has 0 aliphatic rings. The van der Waals surface area contributed by atoms with Crippen LogP contribution in [0.15, 0.2) is 42.5 Å². The number of nitrogen functional groups attached to an aromatic ring is 1.